The third-order valence-electron chi connectivity index (χ3n) is 11.9. The Kier molecular flexibility index (Phi) is 36.7. The smallest absolute Gasteiger partial charge is 0.462 e. The van der Waals surface area contributed by atoms with Crippen LogP contribution < -0.4 is 0 Å². The fourth-order valence-electron chi connectivity index (χ4n) is 7.80. The first-order valence-corrected chi connectivity index (χ1v) is 26.5. The molecule has 0 heterocycles. The highest BCUT2D eigenvalue weighted by atomic mass is 31.2. The first-order chi connectivity index (χ1) is 29.9. The number of ether oxygens (including phenoxy) is 2. The zero-order chi connectivity index (χ0) is 45.7. The molecule has 6 N–H and O–H groups in total. The number of aliphatic hydroxyl groups excluding tert-OH is 5. The highest BCUT2D eigenvalue weighted by Crippen LogP contribution is 2.47. The molecule has 0 spiro atoms. The maximum atomic E-state index is 12.8. The molecule has 0 bridgehead atoms. The van der Waals surface area contributed by atoms with Crippen LogP contribution in [0.4, 0.5) is 0 Å². The number of hydrogen-bond donors (Lipinski definition) is 6. The second-order valence-electron chi connectivity index (χ2n) is 17.7. The summed E-state index contributed by atoms with van der Waals surface area (Å²) in [5.74, 6) is -1.09. The van der Waals surface area contributed by atoms with Crippen molar-refractivity contribution in [2.75, 3.05) is 13.2 Å². The molecule has 8 atom stereocenters. The van der Waals surface area contributed by atoms with E-state index >= 15 is 0 Å². The van der Waals surface area contributed by atoms with Gasteiger partial charge in [0.2, 0.25) is 0 Å². The fourth-order valence-corrected chi connectivity index (χ4v) is 8.77. The van der Waals surface area contributed by atoms with Crippen LogP contribution in [-0.4, -0.2) is 98.3 Å². The molecule has 0 aromatic heterocycles. The maximum Gasteiger partial charge on any atom is 0.472 e. The van der Waals surface area contributed by atoms with Crippen LogP contribution in [-0.2, 0) is 32.7 Å². The molecular formula is C48H91O13P. The van der Waals surface area contributed by atoms with Gasteiger partial charge in [-0.15, -0.1) is 0 Å². The Hall–Kier alpha value is -1.41. The Labute approximate surface area is 375 Å². The van der Waals surface area contributed by atoms with E-state index in [0.717, 1.165) is 44.9 Å². The molecule has 13 nitrogen and oxygen atoms in total. The van der Waals surface area contributed by atoms with Crippen molar-refractivity contribution < 1.29 is 63.1 Å². The number of phosphoric acid groups is 1. The average Bonchev–Trinajstić information content (AvgIpc) is 3.25. The van der Waals surface area contributed by atoms with Crippen LogP contribution in [0.2, 0.25) is 0 Å². The minimum Gasteiger partial charge on any atom is -0.462 e. The Morgan fingerprint density at radius 2 is 0.839 bits per heavy atom. The average molecular weight is 907 g/mol. The van der Waals surface area contributed by atoms with Crippen molar-refractivity contribution in [3.63, 3.8) is 0 Å². The molecule has 1 fully saturated rings. The van der Waals surface area contributed by atoms with Gasteiger partial charge < -0.3 is 39.9 Å². The topological polar surface area (TPSA) is 210 Å². The number of rotatable bonds is 42. The lowest BCUT2D eigenvalue weighted by Gasteiger charge is -2.41. The summed E-state index contributed by atoms with van der Waals surface area (Å²) in [5, 5.41) is 50.2. The highest BCUT2D eigenvalue weighted by molar-refractivity contribution is 7.47. The zero-order valence-electron chi connectivity index (χ0n) is 38.9. The minimum absolute atomic E-state index is 0.103. The molecule has 0 saturated heterocycles. The van der Waals surface area contributed by atoms with Crippen LogP contribution >= 0.6 is 7.82 Å². The third-order valence-corrected chi connectivity index (χ3v) is 12.8. The SMILES string of the molecule is CCCC/C=C/CCCCCCCCCCCC(=O)OC[C@H](COP(=O)(O)OC1C(O)C(O)C(O)[C@H](O)C1O)OC(=O)CCCCCCCCCCCCCCCCCCCC. The minimum atomic E-state index is -5.11. The van der Waals surface area contributed by atoms with Crippen molar-refractivity contribution in [1.29, 1.82) is 0 Å². The van der Waals surface area contributed by atoms with Crippen LogP contribution in [0, 0.1) is 0 Å². The highest BCUT2D eigenvalue weighted by Gasteiger charge is 2.51. The van der Waals surface area contributed by atoms with Crippen molar-refractivity contribution in [3.8, 4) is 0 Å². The number of unbranched alkanes of at least 4 members (excludes halogenated alkanes) is 28. The van der Waals surface area contributed by atoms with Gasteiger partial charge in [-0.2, -0.15) is 0 Å². The molecule has 1 rings (SSSR count). The molecular weight excluding hydrogens is 815 g/mol. The van der Waals surface area contributed by atoms with Crippen LogP contribution in [0.25, 0.3) is 0 Å². The molecule has 366 valence electrons. The van der Waals surface area contributed by atoms with Gasteiger partial charge in [0.15, 0.2) is 6.10 Å². The second-order valence-corrected chi connectivity index (χ2v) is 19.1. The van der Waals surface area contributed by atoms with Gasteiger partial charge in [-0.1, -0.05) is 193 Å². The zero-order valence-corrected chi connectivity index (χ0v) is 39.8. The number of phosphoric ester groups is 1. The largest absolute Gasteiger partial charge is 0.472 e. The van der Waals surface area contributed by atoms with E-state index in [4.69, 9.17) is 18.5 Å². The van der Waals surface area contributed by atoms with E-state index in [1.807, 2.05) is 0 Å². The van der Waals surface area contributed by atoms with E-state index in [9.17, 15) is 44.6 Å². The Bertz CT molecular complexity index is 1140. The Morgan fingerprint density at radius 1 is 0.484 bits per heavy atom. The molecule has 0 aromatic rings. The van der Waals surface area contributed by atoms with Gasteiger partial charge in [-0.3, -0.25) is 18.6 Å². The van der Waals surface area contributed by atoms with Crippen LogP contribution in [0.5, 0.6) is 0 Å². The van der Waals surface area contributed by atoms with Gasteiger partial charge in [-0.25, -0.2) is 4.57 Å². The second kappa shape index (κ2) is 38.8. The van der Waals surface area contributed by atoms with Crippen LogP contribution in [0.15, 0.2) is 12.2 Å². The van der Waals surface area contributed by atoms with Crippen molar-refractivity contribution in [2.24, 2.45) is 0 Å². The van der Waals surface area contributed by atoms with Gasteiger partial charge in [0.05, 0.1) is 6.61 Å². The Balaban J connectivity index is 2.40. The van der Waals surface area contributed by atoms with Crippen LogP contribution in [0.1, 0.15) is 226 Å². The molecule has 14 heteroatoms. The summed E-state index contributed by atoms with van der Waals surface area (Å²) in [6.45, 7) is 3.30. The number of carbonyl (C=O) groups is 2. The van der Waals surface area contributed by atoms with E-state index in [0.29, 0.717) is 12.8 Å². The lowest BCUT2D eigenvalue weighted by molar-refractivity contribution is -0.220. The van der Waals surface area contributed by atoms with Gasteiger partial charge in [0, 0.05) is 12.8 Å². The van der Waals surface area contributed by atoms with E-state index in [-0.39, 0.29) is 12.8 Å². The van der Waals surface area contributed by atoms with Crippen molar-refractivity contribution >= 4 is 19.8 Å². The summed E-state index contributed by atoms with van der Waals surface area (Å²) in [5.41, 5.74) is 0. The molecule has 0 radical (unpaired) electrons. The van der Waals surface area contributed by atoms with E-state index in [1.54, 1.807) is 0 Å². The molecule has 1 aliphatic rings. The van der Waals surface area contributed by atoms with Gasteiger partial charge in [0.1, 0.15) is 43.2 Å². The molecule has 6 unspecified atom stereocenters. The normalized spacial score (nSPS) is 21.9. The summed E-state index contributed by atoms with van der Waals surface area (Å²) in [4.78, 5) is 35.8. The lowest BCUT2D eigenvalue weighted by atomic mass is 9.85. The molecule has 1 saturated carbocycles. The Morgan fingerprint density at radius 3 is 1.27 bits per heavy atom. The summed E-state index contributed by atoms with van der Waals surface area (Å²) < 4.78 is 33.6. The molecule has 1 aliphatic carbocycles. The first-order valence-electron chi connectivity index (χ1n) is 25.0. The van der Waals surface area contributed by atoms with Crippen LogP contribution in [0.3, 0.4) is 0 Å². The van der Waals surface area contributed by atoms with E-state index in [1.165, 1.54) is 141 Å². The quantitative estimate of drug-likeness (QED) is 0.0146. The van der Waals surface area contributed by atoms with Gasteiger partial charge in [0.25, 0.3) is 0 Å². The van der Waals surface area contributed by atoms with Crippen molar-refractivity contribution in [3.05, 3.63) is 12.2 Å². The van der Waals surface area contributed by atoms with Crippen molar-refractivity contribution in [2.45, 2.75) is 268 Å². The standard InChI is InChI=1S/C48H91O13P/c1-3-5-7-9-11-13-15-17-19-20-21-23-25-27-29-31-33-35-37-42(50)60-40(39-59-62(56,57)61-48-46(54)44(52)43(51)45(53)47(48)55)38-58-41(49)36-34-32-30-28-26-24-22-18-16-14-12-10-8-6-4-2/h10,12,40,43-48,51-55H,3-9,11,13-39H2,1-2H3,(H,56,57)/b12-10+/t40-,43?,44+,45?,46?,47?,48?/m1/s1. The summed E-state index contributed by atoms with van der Waals surface area (Å²) >= 11 is 0. The monoisotopic (exact) mass is 907 g/mol. The van der Waals surface area contributed by atoms with E-state index in [2.05, 4.69) is 26.0 Å². The molecule has 0 amide bonds. The number of aliphatic hydroxyl groups is 5. The molecule has 0 aliphatic heterocycles. The third kappa shape index (κ3) is 30.7. The molecule has 0 aromatic carbocycles. The number of hydrogen-bond acceptors (Lipinski definition) is 12. The predicted octanol–water partition coefficient (Wildman–Crippen LogP) is 10.2. The molecule has 62 heavy (non-hydrogen) atoms. The fraction of sp³-hybridized carbons (Fsp3) is 0.917. The van der Waals surface area contributed by atoms with Gasteiger partial charge >= 0.3 is 19.8 Å². The predicted molar refractivity (Wildman–Crippen MR) is 244 cm³/mol. The van der Waals surface area contributed by atoms with E-state index < -0.39 is 75.7 Å². The summed E-state index contributed by atoms with van der Waals surface area (Å²) in [7, 11) is -5.11. The number of esters is 2. The first kappa shape index (κ1) is 58.6. The summed E-state index contributed by atoms with van der Waals surface area (Å²) in [6, 6.07) is 0. The summed E-state index contributed by atoms with van der Waals surface area (Å²) in [6.07, 6.45) is 28.3. The number of allylic oxidation sites excluding steroid dienone is 2. The van der Waals surface area contributed by atoms with Gasteiger partial charge in [-0.05, 0) is 32.1 Å². The maximum absolute atomic E-state index is 12.8. The van der Waals surface area contributed by atoms with Crippen molar-refractivity contribution in [1.82, 2.24) is 0 Å². The lowest BCUT2D eigenvalue weighted by Crippen LogP contribution is -2.64. The number of carbonyl (C=O) groups excluding carboxylic acids is 2.